The van der Waals surface area contributed by atoms with Crippen LogP contribution in [0.3, 0.4) is 0 Å². The highest BCUT2D eigenvalue weighted by molar-refractivity contribution is 6.31. The van der Waals surface area contributed by atoms with E-state index in [4.69, 9.17) is 11.6 Å². The first-order valence-electron chi connectivity index (χ1n) is 9.29. The second-order valence-electron chi connectivity index (χ2n) is 7.20. The van der Waals surface area contributed by atoms with Gasteiger partial charge in [-0.2, -0.15) is 0 Å². The standard InChI is InChI=1S/C20H21ClN4O2/c21-15-5-6-16-14(10-15)11-19(26)25(16)17(9-13-3-1-2-4-13)20(27)24-18-12-22-7-8-23-18/h5-8,10,12-13,17H,1-4,9,11H2,(H,23,24,27). The SMILES string of the molecule is O=C(Nc1cnccn1)C(CC1CCCC1)N1C(=O)Cc2cc(Cl)ccc21. The van der Waals surface area contributed by atoms with Crippen LogP contribution in [0.2, 0.25) is 5.02 Å². The maximum Gasteiger partial charge on any atom is 0.248 e. The zero-order valence-corrected chi connectivity index (χ0v) is 15.7. The first-order chi connectivity index (χ1) is 13.1. The van der Waals surface area contributed by atoms with E-state index in [1.165, 1.54) is 25.2 Å². The van der Waals surface area contributed by atoms with Crippen molar-refractivity contribution in [2.45, 2.75) is 44.6 Å². The van der Waals surface area contributed by atoms with Crippen LogP contribution >= 0.6 is 11.6 Å². The summed E-state index contributed by atoms with van der Waals surface area (Å²) in [4.78, 5) is 35.7. The van der Waals surface area contributed by atoms with Crippen LogP contribution in [0.15, 0.2) is 36.8 Å². The second kappa shape index (κ2) is 7.64. The van der Waals surface area contributed by atoms with Crippen molar-refractivity contribution in [2.75, 3.05) is 10.2 Å². The van der Waals surface area contributed by atoms with Crippen molar-refractivity contribution in [3.8, 4) is 0 Å². The molecule has 7 heteroatoms. The number of fused-ring (bicyclic) bond motifs is 1. The van der Waals surface area contributed by atoms with E-state index >= 15 is 0 Å². The zero-order valence-electron chi connectivity index (χ0n) is 14.9. The van der Waals surface area contributed by atoms with E-state index in [9.17, 15) is 9.59 Å². The number of carbonyl (C=O) groups excluding carboxylic acids is 2. The summed E-state index contributed by atoms with van der Waals surface area (Å²) in [7, 11) is 0. The molecule has 4 rings (SSSR count). The molecule has 1 aliphatic heterocycles. The van der Waals surface area contributed by atoms with Crippen LogP contribution in [-0.4, -0.2) is 27.8 Å². The number of amides is 2. The van der Waals surface area contributed by atoms with Gasteiger partial charge < -0.3 is 5.32 Å². The molecule has 2 aromatic rings. The minimum atomic E-state index is -0.565. The number of benzene rings is 1. The van der Waals surface area contributed by atoms with Crippen molar-refractivity contribution in [2.24, 2.45) is 5.92 Å². The molecule has 2 heterocycles. The molecule has 2 amide bonds. The van der Waals surface area contributed by atoms with Crippen molar-refractivity contribution in [1.82, 2.24) is 9.97 Å². The molecule has 0 radical (unpaired) electrons. The van der Waals surface area contributed by atoms with Crippen LogP contribution in [0.5, 0.6) is 0 Å². The Morgan fingerprint density at radius 1 is 1.30 bits per heavy atom. The topological polar surface area (TPSA) is 75.2 Å². The highest BCUT2D eigenvalue weighted by Gasteiger charge is 2.38. The lowest BCUT2D eigenvalue weighted by atomic mass is 9.96. The number of nitrogens with zero attached hydrogens (tertiary/aromatic N) is 3. The molecule has 1 atom stereocenters. The summed E-state index contributed by atoms with van der Waals surface area (Å²) >= 11 is 6.08. The minimum absolute atomic E-state index is 0.0652. The minimum Gasteiger partial charge on any atom is -0.308 e. The van der Waals surface area contributed by atoms with E-state index in [1.54, 1.807) is 17.2 Å². The van der Waals surface area contributed by atoms with Crippen LogP contribution in [0.4, 0.5) is 11.5 Å². The Morgan fingerprint density at radius 3 is 2.85 bits per heavy atom. The molecular formula is C20H21ClN4O2. The Morgan fingerprint density at radius 2 is 2.11 bits per heavy atom. The summed E-state index contributed by atoms with van der Waals surface area (Å²) in [5.74, 6) is 0.553. The van der Waals surface area contributed by atoms with Crippen molar-refractivity contribution in [3.05, 3.63) is 47.4 Å². The second-order valence-corrected chi connectivity index (χ2v) is 7.63. The number of carbonyl (C=O) groups is 2. The van der Waals surface area contributed by atoms with Crippen molar-refractivity contribution < 1.29 is 9.59 Å². The number of anilines is 2. The van der Waals surface area contributed by atoms with E-state index in [1.807, 2.05) is 12.1 Å². The van der Waals surface area contributed by atoms with E-state index in [2.05, 4.69) is 15.3 Å². The third-order valence-electron chi connectivity index (χ3n) is 5.37. The maximum absolute atomic E-state index is 13.1. The quantitative estimate of drug-likeness (QED) is 0.854. The van der Waals surface area contributed by atoms with Gasteiger partial charge in [0.1, 0.15) is 6.04 Å². The highest BCUT2D eigenvalue weighted by Crippen LogP contribution is 2.37. The van der Waals surface area contributed by atoms with Crippen LogP contribution in [0.1, 0.15) is 37.7 Å². The van der Waals surface area contributed by atoms with Crippen LogP contribution in [0, 0.1) is 5.92 Å². The van der Waals surface area contributed by atoms with Gasteiger partial charge in [0.25, 0.3) is 0 Å². The predicted molar refractivity (Wildman–Crippen MR) is 104 cm³/mol. The van der Waals surface area contributed by atoms with Gasteiger partial charge >= 0.3 is 0 Å². The smallest absolute Gasteiger partial charge is 0.248 e. The molecule has 1 N–H and O–H groups in total. The van der Waals surface area contributed by atoms with Crippen molar-refractivity contribution >= 4 is 34.9 Å². The van der Waals surface area contributed by atoms with Gasteiger partial charge in [0.2, 0.25) is 11.8 Å². The van der Waals surface area contributed by atoms with E-state index in [0.717, 1.165) is 24.1 Å². The molecule has 1 saturated carbocycles. The van der Waals surface area contributed by atoms with Gasteiger partial charge in [0.15, 0.2) is 5.82 Å². The van der Waals surface area contributed by atoms with Gasteiger partial charge in [-0.1, -0.05) is 37.3 Å². The van der Waals surface area contributed by atoms with Gasteiger partial charge in [0, 0.05) is 23.1 Å². The summed E-state index contributed by atoms with van der Waals surface area (Å²) < 4.78 is 0. The molecule has 1 aliphatic carbocycles. The highest BCUT2D eigenvalue weighted by atomic mass is 35.5. The van der Waals surface area contributed by atoms with E-state index < -0.39 is 6.04 Å². The fraction of sp³-hybridized carbons (Fsp3) is 0.400. The van der Waals surface area contributed by atoms with Crippen molar-refractivity contribution in [3.63, 3.8) is 0 Å². The lowest BCUT2D eigenvalue weighted by molar-refractivity contribution is -0.123. The summed E-state index contributed by atoms with van der Waals surface area (Å²) in [6.45, 7) is 0. The Labute approximate surface area is 163 Å². The summed E-state index contributed by atoms with van der Waals surface area (Å²) in [5.41, 5.74) is 1.65. The fourth-order valence-corrected chi connectivity index (χ4v) is 4.31. The van der Waals surface area contributed by atoms with E-state index in [-0.39, 0.29) is 18.2 Å². The summed E-state index contributed by atoms with van der Waals surface area (Å²) in [6.07, 6.45) is 10.1. The number of halogens is 1. The van der Waals surface area contributed by atoms with Crippen LogP contribution in [-0.2, 0) is 16.0 Å². The van der Waals surface area contributed by atoms with Gasteiger partial charge in [-0.05, 0) is 36.1 Å². The summed E-state index contributed by atoms with van der Waals surface area (Å²) in [6, 6.07) is 4.84. The Kier molecular flexibility index (Phi) is 5.07. The molecule has 140 valence electrons. The molecule has 1 unspecified atom stereocenters. The fourth-order valence-electron chi connectivity index (χ4n) is 4.12. The monoisotopic (exact) mass is 384 g/mol. The lowest BCUT2D eigenvalue weighted by Crippen LogP contribution is -2.47. The first-order valence-corrected chi connectivity index (χ1v) is 9.67. The van der Waals surface area contributed by atoms with Gasteiger partial charge in [-0.15, -0.1) is 0 Å². The Bertz CT molecular complexity index is 852. The maximum atomic E-state index is 13.1. The Balaban J connectivity index is 1.63. The van der Waals surface area contributed by atoms with Gasteiger partial charge in [-0.25, -0.2) is 4.98 Å². The number of hydrogen-bond donors (Lipinski definition) is 1. The third-order valence-corrected chi connectivity index (χ3v) is 5.61. The first kappa shape index (κ1) is 17.9. The molecule has 0 bridgehead atoms. The molecule has 27 heavy (non-hydrogen) atoms. The third kappa shape index (κ3) is 3.81. The lowest BCUT2D eigenvalue weighted by Gasteiger charge is -2.29. The zero-order chi connectivity index (χ0) is 18.8. The number of aromatic nitrogens is 2. The molecule has 6 nitrogen and oxygen atoms in total. The molecule has 0 saturated heterocycles. The number of rotatable bonds is 5. The normalized spacial score (nSPS) is 17.8. The van der Waals surface area contributed by atoms with Gasteiger partial charge in [-0.3, -0.25) is 19.5 Å². The van der Waals surface area contributed by atoms with Gasteiger partial charge in [0.05, 0.1) is 12.6 Å². The molecule has 1 aromatic carbocycles. The predicted octanol–water partition coefficient (Wildman–Crippen LogP) is 3.61. The average Bonchev–Trinajstić information content (AvgIpc) is 3.27. The Hall–Kier alpha value is -2.47. The van der Waals surface area contributed by atoms with Crippen LogP contribution < -0.4 is 10.2 Å². The largest absolute Gasteiger partial charge is 0.308 e. The van der Waals surface area contributed by atoms with E-state index in [0.29, 0.717) is 23.2 Å². The molecular weight excluding hydrogens is 364 g/mol. The van der Waals surface area contributed by atoms with Crippen LogP contribution in [0.25, 0.3) is 0 Å². The molecule has 1 fully saturated rings. The van der Waals surface area contributed by atoms with Crippen molar-refractivity contribution in [1.29, 1.82) is 0 Å². The summed E-state index contributed by atoms with van der Waals surface area (Å²) in [5, 5.41) is 3.42. The number of hydrogen-bond acceptors (Lipinski definition) is 4. The molecule has 1 aromatic heterocycles. The molecule has 0 spiro atoms. The molecule has 2 aliphatic rings. The average molecular weight is 385 g/mol. The number of nitrogens with one attached hydrogen (secondary N) is 1.